The lowest BCUT2D eigenvalue weighted by molar-refractivity contribution is 0.0796. The summed E-state index contributed by atoms with van der Waals surface area (Å²) >= 11 is 0. The van der Waals surface area contributed by atoms with Gasteiger partial charge in [0.15, 0.2) is 0 Å². The average molecular weight is 295 g/mol. The smallest absolute Gasteiger partial charge is 0.256 e. The maximum absolute atomic E-state index is 12.1. The van der Waals surface area contributed by atoms with Crippen molar-refractivity contribution in [2.75, 3.05) is 13.6 Å². The van der Waals surface area contributed by atoms with E-state index >= 15 is 0 Å². The highest BCUT2D eigenvalue weighted by atomic mass is 35.5. The molecule has 0 spiro atoms. The number of nitrogens with two attached hydrogens (primary N) is 1. The normalized spacial score (nSPS) is 9.90. The number of rotatable bonds is 5. The van der Waals surface area contributed by atoms with Crippen molar-refractivity contribution >= 4 is 18.3 Å². The molecule has 4 nitrogen and oxygen atoms in total. The van der Waals surface area contributed by atoms with Crippen LogP contribution in [0.5, 0.6) is 0 Å². The van der Waals surface area contributed by atoms with Gasteiger partial charge in [-0.05, 0) is 18.1 Å². The highest BCUT2D eigenvalue weighted by Crippen LogP contribution is 2.10. The maximum Gasteiger partial charge on any atom is 0.256 e. The molecule has 1 amide bonds. The Balaban J connectivity index is 0.00000200. The van der Waals surface area contributed by atoms with Crippen LogP contribution in [0.15, 0.2) is 47.1 Å². The molecule has 0 bridgehead atoms. The molecule has 0 unspecified atom stereocenters. The molecule has 2 N–H and O–H groups in total. The van der Waals surface area contributed by atoms with Crippen molar-refractivity contribution in [1.82, 2.24) is 4.90 Å². The summed E-state index contributed by atoms with van der Waals surface area (Å²) in [5, 5.41) is 0. The van der Waals surface area contributed by atoms with Gasteiger partial charge < -0.3 is 15.1 Å². The minimum absolute atomic E-state index is 0. The van der Waals surface area contributed by atoms with Crippen molar-refractivity contribution in [3.8, 4) is 0 Å². The van der Waals surface area contributed by atoms with E-state index in [1.165, 1.54) is 11.8 Å². The van der Waals surface area contributed by atoms with Crippen molar-refractivity contribution < 1.29 is 9.21 Å². The number of likely N-dealkylation sites (N-methyl/N-ethyl adjacent to an activating group) is 1. The molecule has 1 aromatic heterocycles. The Morgan fingerprint density at radius 1 is 1.30 bits per heavy atom. The van der Waals surface area contributed by atoms with E-state index in [2.05, 4.69) is 12.1 Å². The number of furan rings is 1. The molecule has 0 saturated heterocycles. The fourth-order valence-corrected chi connectivity index (χ4v) is 1.86. The largest absolute Gasteiger partial charge is 0.467 e. The van der Waals surface area contributed by atoms with Gasteiger partial charge in [0.1, 0.15) is 12.0 Å². The van der Waals surface area contributed by atoms with Gasteiger partial charge >= 0.3 is 0 Å². The number of carbonyl (C=O) groups excluding carboxylic acids is 1. The van der Waals surface area contributed by atoms with Gasteiger partial charge in [0.05, 0.1) is 12.1 Å². The predicted molar refractivity (Wildman–Crippen MR) is 81.0 cm³/mol. The Hall–Kier alpha value is -1.78. The Morgan fingerprint density at radius 3 is 2.60 bits per heavy atom. The summed E-state index contributed by atoms with van der Waals surface area (Å²) in [5.41, 5.74) is 7.23. The Labute approximate surface area is 125 Å². The number of nitrogens with zero attached hydrogens (tertiary/aromatic N) is 1. The van der Waals surface area contributed by atoms with E-state index in [4.69, 9.17) is 10.2 Å². The molecule has 20 heavy (non-hydrogen) atoms. The van der Waals surface area contributed by atoms with Crippen LogP contribution in [-0.2, 0) is 13.0 Å². The topological polar surface area (TPSA) is 59.5 Å². The minimum atomic E-state index is -0.0422. The van der Waals surface area contributed by atoms with Crippen molar-refractivity contribution in [2.24, 2.45) is 5.73 Å². The average Bonchev–Trinajstić information content (AvgIpc) is 2.94. The second-order valence-electron chi connectivity index (χ2n) is 4.47. The van der Waals surface area contributed by atoms with Gasteiger partial charge in [0.25, 0.3) is 5.91 Å². The molecular weight excluding hydrogens is 276 g/mol. The van der Waals surface area contributed by atoms with Gasteiger partial charge in [-0.25, -0.2) is 0 Å². The summed E-state index contributed by atoms with van der Waals surface area (Å²) < 4.78 is 5.18. The lowest BCUT2D eigenvalue weighted by Gasteiger charge is -2.16. The van der Waals surface area contributed by atoms with E-state index in [1.54, 1.807) is 18.0 Å². The van der Waals surface area contributed by atoms with Crippen molar-refractivity contribution in [2.45, 2.75) is 13.0 Å². The number of hydrogen-bond donors (Lipinski definition) is 1. The van der Waals surface area contributed by atoms with Crippen LogP contribution in [0.4, 0.5) is 0 Å². The first kappa shape index (κ1) is 16.3. The molecule has 2 aromatic rings. The van der Waals surface area contributed by atoms with Crippen LogP contribution in [0, 0.1) is 0 Å². The molecule has 0 aliphatic heterocycles. The van der Waals surface area contributed by atoms with E-state index in [-0.39, 0.29) is 18.3 Å². The second kappa shape index (κ2) is 7.72. The first-order valence-electron chi connectivity index (χ1n) is 6.27. The molecule has 0 saturated carbocycles. The minimum Gasteiger partial charge on any atom is -0.467 e. The number of amides is 1. The molecule has 2 rings (SSSR count). The maximum atomic E-state index is 12.1. The number of hydrogen-bond acceptors (Lipinski definition) is 3. The van der Waals surface area contributed by atoms with Gasteiger partial charge in [0, 0.05) is 13.6 Å². The molecule has 0 aliphatic carbocycles. The zero-order chi connectivity index (χ0) is 13.7. The predicted octanol–water partition coefficient (Wildman–Crippen LogP) is 2.47. The number of carbonyl (C=O) groups is 1. The molecule has 0 atom stereocenters. The fourth-order valence-electron chi connectivity index (χ4n) is 1.86. The van der Waals surface area contributed by atoms with E-state index in [9.17, 15) is 4.79 Å². The van der Waals surface area contributed by atoms with Gasteiger partial charge in [-0.15, -0.1) is 12.4 Å². The zero-order valence-corrected chi connectivity index (χ0v) is 12.2. The van der Waals surface area contributed by atoms with E-state index in [1.807, 2.05) is 18.2 Å². The summed E-state index contributed by atoms with van der Waals surface area (Å²) in [7, 11) is 1.79. The van der Waals surface area contributed by atoms with Crippen LogP contribution in [0.2, 0.25) is 0 Å². The van der Waals surface area contributed by atoms with Crippen LogP contribution in [-0.4, -0.2) is 24.4 Å². The van der Waals surface area contributed by atoms with Crippen LogP contribution < -0.4 is 5.73 Å². The second-order valence-corrected chi connectivity index (χ2v) is 4.47. The zero-order valence-electron chi connectivity index (χ0n) is 11.4. The van der Waals surface area contributed by atoms with Crippen LogP contribution in [0.1, 0.15) is 21.7 Å². The first-order chi connectivity index (χ1) is 9.20. The summed E-state index contributed by atoms with van der Waals surface area (Å²) in [5.74, 6) is 0.583. The number of halogens is 1. The Bertz CT molecular complexity index is 540. The highest BCUT2D eigenvalue weighted by Gasteiger charge is 2.14. The lowest BCUT2D eigenvalue weighted by atomic mass is 10.1. The third-order valence-corrected chi connectivity index (χ3v) is 3.03. The van der Waals surface area contributed by atoms with Crippen LogP contribution in [0.3, 0.4) is 0 Å². The lowest BCUT2D eigenvalue weighted by Crippen LogP contribution is -2.28. The SMILES string of the molecule is CN(CCc1ccccc1)C(=O)c1coc(CN)c1.Cl. The Morgan fingerprint density at radius 2 is 2.00 bits per heavy atom. The van der Waals surface area contributed by atoms with Gasteiger partial charge in [-0.2, -0.15) is 0 Å². The molecule has 108 valence electrons. The van der Waals surface area contributed by atoms with Crippen LogP contribution >= 0.6 is 12.4 Å². The summed E-state index contributed by atoms with van der Waals surface area (Å²) in [6, 6.07) is 11.8. The molecule has 0 radical (unpaired) electrons. The first-order valence-corrected chi connectivity index (χ1v) is 6.27. The highest BCUT2D eigenvalue weighted by molar-refractivity contribution is 5.93. The quantitative estimate of drug-likeness (QED) is 0.921. The van der Waals surface area contributed by atoms with Crippen molar-refractivity contribution in [1.29, 1.82) is 0 Å². The monoisotopic (exact) mass is 294 g/mol. The van der Waals surface area contributed by atoms with Crippen molar-refractivity contribution in [3.05, 3.63) is 59.5 Å². The van der Waals surface area contributed by atoms with Gasteiger partial charge in [-0.3, -0.25) is 4.79 Å². The summed E-state index contributed by atoms with van der Waals surface area (Å²) in [4.78, 5) is 13.8. The number of benzene rings is 1. The van der Waals surface area contributed by atoms with Gasteiger partial charge in [-0.1, -0.05) is 30.3 Å². The molecule has 0 aliphatic rings. The van der Waals surface area contributed by atoms with Gasteiger partial charge in [0.2, 0.25) is 0 Å². The standard InChI is InChI=1S/C15H18N2O2.ClH/c1-17(8-7-12-5-3-2-4-6-12)15(18)13-9-14(10-16)19-11-13;/h2-6,9,11H,7-8,10,16H2,1H3;1H. The van der Waals surface area contributed by atoms with Crippen LogP contribution in [0.25, 0.3) is 0 Å². The third-order valence-electron chi connectivity index (χ3n) is 3.03. The van der Waals surface area contributed by atoms with E-state index in [0.29, 0.717) is 24.4 Å². The Kier molecular flexibility index (Phi) is 6.28. The third kappa shape index (κ3) is 4.11. The molecule has 1 aromatic carbocycles. The van der Waals surface area contributed by atoms with Crippen molar-refractivity contribution in [3.63, 3.8) is 0 Å². The molecular formula is C15H19ClN2O2. The molecule has 5 heteroatoms. The summed E-state index contributed by atoms with van der Waals surface area (Å²) in [6.45, 7) is 0.979. The van der Waals surface area contributed by atoms with E-state index < -0.39 is 0 Å². The molecule has 0 fully saturated rings. The fraction of sp³-hybridized carbons (Fsp3) is 0.267. The van der Waals surface area contributed by atoms with E-state index in [0.717, 1.165) is 6.42 Å². The summed E-state index contributed by atoms with van der Waals surface area (Å²) in [6.07, 6.45) is 2.30. The molecule has 1 heterocycles.